The van der Waals surface area contributed by atoms with Gasteiger partial charge in [0.05, 0.1) is 4.92 Å². The fraction of sp³-hybridized carbons (Fsp3) is 0.200. The topological polar surface area (TPSA) is 52.4 Å². The van der Waals surface area contributed by atoms with Crippen molar-refractivity contribution in [3.63, 3.8) is 0 Å². The third kappa shape index (κ3) is 3.17. The maximum absolute atomic E-state index is 10.7. The van der Waals surface area contributed by atoms with E-state index in [1.54, 1.807) is 13.0 Å². The summed E-state index contributed by atoms with van der Waals surface area (Å²) in [6, 6.07) is 10.4. The van der Waals surface area contributed by atoms with E-state index in [0.29, 0.717) is 5.75 Å². The standard InChI is InChI=1S/C15H14BrNO3/c1-10-8-14(5-3-12(10)9-16)20-15-6-4-13(17(18)19)7-11(15)2/h3-8H,9H2,1-2H3. The molecule has 0 aliphatic heterocycles. The number of nitrogens with zero attached hydrogens (tertiary/aromatic N) is 1. The number of benzene rings is 2. The van der Waals surface area contributed by atoms with Gasteiger partial charge < -0.3 is 4.74 Å². The Morgan fingerprint density at radius 1 is 1.15 bits per heavy atom. The van der Waals surface area contributed by atoms with E-state index in [1.165, 1.54) is 17.7 Å². The van der Waals surface area contributed by atoms with Gasteiger partial charge >= 0.3 is 0 Å². The van der Waals surface area contributed by atoms with Crippen molar-refractivity contribution in [3.05, 3.63) is 63.2 Å². The smallest absolute Gasteiger partial charge is 0.269 e. The van der Waals surface area contributed by atoms with Crippen LogP contribution in [-0.4, -0.2) is 4.92 Å². The molecule has 0 N–H and O–H groups in total. The molecule has 0 radical (unpaired) electrons. The number of non-ortho nitro benzene ring substituents is 1. The highest BCUT2D eigenvalue weighted by Crippen LogP contribution is 2.29. The van der Waals surface area contributed by atoms with Gasteiger partial charge in [0, 0.05) is 17.5 Å². The molecular weight excluding hydrogens is 322 g/mol. The Hall–Kier alpha value is -1.88. The summed E-state index contributed by atoms with van der Waals surface area (Å²) in [7, 11) is 0. The lowest BCUT2D eigenvalue weighted by molar-refractivity contribution is -0.384. The quantitative estimate of drug-likeness (QED) is 0.453. The number of alkyl halides is 1. The first-order valence-electron chi connectivity index (χ1n) is 6.09. The van der Waals surface area contributed by atoms with E-state index in [9.17, 15) is 10.1 Å². The molecule has 0 aliphatic carbocycles. The van der Waals surface area contributed by atoms with Gasteiger partial charge in [0.15, 0.2) is 0 Å². The Labute approximate surface area is 125 Å². The fourth-order valence-corrected chi connectivity index (χ4v) is 2.50. The Balaban J connectivity index is 2.26. The summed E-state index contributed by atoms with van der Waals surface area (Å²) in [5.74, 6) is 1.35. The van der Waals surface area contributed by atoms with Crippen molar-refractivity contribution in [2.75, 3.05) is 0 Å². The van der Waals surface area contributed by atoms with Crippen LogP contribution in [0.2, 0.25) is 0 Å². The molecule has 0 aromatic heterocycles. The number of rotatable bonds is 4. The maximum atomic E-state index is 10.7. The van der Waals surface area contributed by atoms with Gasteiger partial charge in [0.2, 0.25) is 0 Å². The molecule has 0 bridgehead atoms. The third-order valence-corrected chi connectivity index (χ3v) is 3.66. The number of nitro groups is 1. The zero-order chi connectivity index (χ0) is 14.7. The Bertz CT molecular complexity index is 656. The van der Waals surface area contributed by atoms with Gasteiger partial charge in [-0.25, -0.2) is 0 Å². The van der Waals surface area contributed by atoms with Gasteiger partial charge in [-0.05, 0) is 48.7 Å². The minimum absolute atomic E-state index is 0.0701. The molecule has 0 atom stereocenters. The number of halogens is 1. The van der Waals surface area contributed by atoms with Gasteiger partial charge in [-0.3, -0.25) is 10.1 Å². The molecule has 4 nitrogen and oxygen atoms in total. The lowest BCUT2D eigenvalue weighted by Gasteiger charge is -2.10. The number of ether oxygens (including phenoxy) is 1. The van der Waals surface area contributed by atoms with Crippen molar-refractivity contribution < 1.29 is 9.66 Å². The fourth-order valence-electron chi connectivity index (χ4n) is 1.87. The zero-order valence-electron chi connectivity index (χ0n) is 11.2. The van der Waals surface area contributed by atoms with Gasteiger partial charge in [-0.15, -0.1) is 0 Å². The highest BCUT2D eigenvalue weighted by Gasteiger charge is 2.10. The normalized spacial score (nSPS) is 10.3. The summed E-state index contributed by atoms with van der Waals surface area (Å²) < 4.78 is 5.79. The molecule has 0 spiro atoms. The highest BCUT2D eigenvalue weighted by molar-refractivity contribution is 9.08. The second-order valence-electron chi connectivity index (χ2n) is 4.53. The molecule has 0 heterocycles. The van der Waals surface area contributed by atoms with E-state index in [1.807, 2.05) is 25.1 Å². The molecule has 2 aromatic rings. The summed E-state index contributed by atoms with van der Waals surface area (Å²) in [6.07, 6.45) is 0. The molecule has 20 heavy (non-hydrogen) atoms. The summed E-state index contributed by atoms with van der Waals surface area (Å²) in [4.78, 5) is 10.3. The Kier molecular flexibility index (Phi) is 4.39. The number of nitro benzene ring substituents is 1. The molecule has 0 saturated carbocycles. The monoisotopic (exact) mass is 335 g/mol. The van der Waals surface area contributed by atoms with Gasteiger partial charge in [-0.1, -0.05) is 22.0 Å². The van der Waals surface area contributed by atoms with Crippen molar-refractivity contribution in [2.24, 2.45) is 0 Å². The summed E-state index contributed by atoms with van der Waals surface area (Å²) in [5.41, 5.74) is 3.15. The average Bonchev–Trinajstić information content (AvgIpc) is 2.41. The number of aryl methyl sites for hydroxylation is 2. The van der Waals surface area contributed by atoms with Crippen molar-refractivity contribution in [1.29, 1.82) is 0 Å². The van der Waals surface area contributed by atoms with E-state index in [4.69, 9.17) is 4.74 Å². The second kappa shape index (κ2) is 6.05. The average molecular weight is 336 g/mol. The molecule has 104 valence electrons. The molecule has 0 aliphatic rings. The molecule has 5 heteroatoms. The molecule has 0 fully saturated rings. The van der Waals surface area contributed by atoms with Crippen molar-refractivity contribution in [3.8, 4) is 11.5 Å². The van der Waals surface area contributed by atoms with Gasteiger partial charge in [0.1, 0.15) is 11.5 Å². The lowest BCUT2D eigenvalue weighted by Crippen LogP contribution is -1.93. The summed E-state index contributed by atoms with van der Waals surface area (Å²) in [5, 5.41) is 11.5. The minimum Gasteiger partial charge on any atom is -0.457 e. The van der Waals surface area contributed by atoms with Crippen LogP contribution in [0, 0.1) is 24.0 Å². The van der Waals surface area contributed by atoms with Crippen LogP contribution < -0.4 is 4.74 Å². The van der Waals surface area contributed by atoms with Crippen molar-refractivity contribution in [1.82, 2.24) is 0 Å². The van der Waals surface area contributed by atoms with E-state index < -0.39 is 4.92 Å². The van der Waals surface area contributed by atoms with Crippen molar-refractivity contribution >= 4 is 21.6 Å². The van der Waals surface area contributed by atoms with Gasteiger partial charge in [-0.2, -0.15) is 0 Å². The van der Waals surface area contributed by atoms with E-state index >= 15 is 0 Å². The largest absolute Gasteiger partial charge is 0.457 e. The summed E-state index contributed by atoms with van der Waals surface area (Å²) >= 11 is 3.43. The van der Waals surface area contributed by atoms with Crippen LogP contribution in [0.1, 0.15) is 16.7 Å². The number of hydrogen-bond acceptors (Lipinski definition) is 3. The van der Waals surface area contributed by atoms with Crippen LogP contribution in [0.3, 0.4) is 0 Å². The second-order valence-corrected chi connectivity index (χ2v) is 5.09. The van der Waals surface area contributed by atoms with Crippen molar-refractivity contribution in [2.45, 2.75) is 19.2 Å². The highest BCUT2D eigenvalue weighted by atomic mass is 79.9. The summed E-state index contributed by atoms with van der Waals surface area (Å²) in [6.45, 7) is 3.81. The van der Waals surface area contributed by atoms with E-state index in [0.717, 1.165) is 22.2 Å². The van der Waals surface area contributed by atoms with Crippen LogP contribution in [0.4, 0.5) is 5.69 Å². The predicted octanol–water partition coefficient (Wildman–Crippen LogP) is 4.90. The molecule has 0 unspecified atom stereocenters. The molecule has 2 aromatic carbocycles. The SMILES string of the molecule is Cc1cc(Oc2ccc([N+](=O)[O-])cc2C)ccc1CBr. The van der Waals surface area contributed by atoms with Crippen LogP contribution in [-0.2, 0) is 5.33 Å². The van der Waals surface area contributed by atoms with Crippen LogP contribution in [0.25, 0.3) is 0 Å². The number of hydrogen-bond donors (Lipinski definition) is 0. The lowest BCUT2D eigenvalue weighted by atomic mass is 10.1. The molecule has 2 rings (SSSR count). The minimum atomic E-state index is -0.411. The van der Waals surface area contributed by atoms with Crippen LogP contribution >= 0.6 is 15.9 Å². The van der Waals surface area contributed by atoms with Gasteiger partial charge in [0.25, 0.3) is 5.69 Å². The molecular formula is C15H14BrNO3. The maximum Gasteiger partial charge on any atom is 0.269 e. The third-order valence-electron chi connectivity index (χ3n) is 3.06. The predicted molar refractivity (Wildman–Crippen MR) is 81.7 cm³/mol. The van der Waals surface area contributed by atoms with Crippen LogP contribution in [0.5, 0.6) is 11.5 Å². The Morgan fingerprint density at radius 3 is 2.45 bits per heavy atom. The first kappa shape index (κ1) is 14.5. The van der Waals surface area contributed by atoms with E-state index in [2.05, 4.69) is 15.9 Å². The Morgan fingerprint density at radius 2 is 1.90 bits per heavy atom. The van der Waals surface area contributed by atoms with Crippen LogP contribution in [0.15, 0.2) is 36.4 Å². The van der Waals surface area contributed by atoms with E-state index in [-0.39, 0.29) is 5.69 Å². The first-order chi connectivity index (χ1) is 9.51. The molecule has 0 amide bonds. The molecule has 0 saturated heterocycles. The zero-order valence-corrected chi connectivity index (χ0v) is 12.8. The first-order valence-corrected chi connectivity index (χ1v) is 7.22.